The number of halogens is 1. The van der Waals surface area contributed by atoms with Crippen molar-refractivity contribution in [3.8, 4) is 11.5 Å². The van der Waals surface area contributed by atoms with E-state index in [1.165, 1.54) is 0 Å². The number of benzene rings is 1. The molecule has 0 spiro atoms. The van der Waals surface area contributed by atoms with Gasteiger partial charge in [-0.1, -0.05) is 15.9 Å². The molecule has 0 N–H and O–H groups in total. The van der Waals surface area contributed by atoms with Crippen LogP contribution in [0.3, 0.4) is 0 Å². The summed E-state index contributed by atoms with van der Waals surface area (Å²) in [6.07, 6.45) is 0. The fourth-order valence-corrected chi connectivity index (χ4v) is 1.59. The van der Waals surface area contributed by atoms with E-state index in [9.17, 15) is 4.79 Å². The number of ketones is 1. The zero-order valence-electron chi connectivity index (χ0n) is 9.62. The molecule has 0 aliphatic heterocycles. The minimum Gasteiger partial charge on any atom is -0.493 e. The Bertz CT molecular complexity index is 375. The summed E-state index contributed by atoms with van der Waals surface area (Å²) in [5, 5.41) is 0. The summed E-state index contributed by atoms with van der Waals surface area (Å²) < 4.78 is 10.6. The molecule has 1 unspecified atom stereocenters. The molecule has 88 valence electrons. The van der Waals surface area contributed by atoms with Crippen LogP contribution in [0, 0.1) is 0 Å². The number of hydrogen-bond acceptors (Lipinski definition) is 3. The Balaban J connectivity index is 3.03. The zero-order valence-corrected chi connectivity index (χ0v) is 11.2. The third kappa shape index (κ3) is 2.98. The number of carbonyl (C=O) groups is 1. The van der Waals surface area contributed by atoms with E-state index in [-0.39, 0.29) is 10.6 Å². The Labute approximate surface area is 104 Å². The quantitative estimate of drug-likeness (QED) is 0.616. The van der Waals surface area contributed by atoms with Crippen LogP contribution in [0.25, 0.3) is 0 Å². The Morgan fingerprint density at radius 1 is 1.44 bits per heavy atom. The van der Waals surface area contributed by atoms with Crippen molar-refractivity contribution in [3.05, 3.63) is 23.8 Å². The van der Waals surface area contributed by atoms with Crippen molar-refractivity contribution in [1.29, 1.82) is 0 Å². The minimum atomic E-state index is -0.199. The van der Waals surface area contributed by atoms with Crippen LogP contribution in [0.15, 0.2) is 18.2 Å². The molecule has 1 aromatic carbocycles. The van der Waals surface area contributed by atoms with Crippen LogP contribution in [0.2, 0.25) is 0 Å². The third-order valence-electron chi connectivity index (χ3n) is 2.11. The highest BCUT2D eigenvalue weighted by molar-refractivity contribution is 9.10. The van der Waals surface area contributed by atoms with Crippen molar-refractivity contribution in [3.63, 3.8) is 0 Å². The number of alkyl halides is 1. The lowest BCUT2D eigenvalue weighted by atomic mass is 10.1. The number of rotatable bonds is 5. The van der Waals surface area contributed by atoms with E-state index in [4.69, 9.17) is 9.47 Å². The van der Waals surface area contributed by atoms with Crippen LogP contribution in [0.1, 0.15) is 24.2 Å². The number of hydrogen-bond donors (Lipinski definition) is 0. The molecule has 0 saturated carbocycles. The van der Waals surface area contributed by atoms with Gasteiger partial charge in [0.2, 0.25) is 0 Å². The molecule has 3 nitrogen and oxygen atoms in total. The molecule has 1 aromatic rings. The Morgan fingerprint density at radius 3 is 2.62 bits per heavy atom. The molecule has 0 fully saturated rings. The zero-order chi connectivity index (χ0) is 12.1. The maximum Gasteiger partial charge on any atom is 0.176 e. The third-order valence-corrected chi connectivity index (χ3v) is 2.53. The first-order valence-electron chi connectivity index (χ1n) is 5.09. The Hall–Kier alpha value is -1.03. The predicted octanol–water partition coefficient (Wildman–Crippen LogP) is 3.06. The first-order chi connectivity index (χ1) is 7.60. The van der Waals surface area contributed by atoms with E-state index in [2.05, 4.69) is 15.9 Å². The number of carbonyl (C=O) groups excluding carboxylic acids is 1. The predicted molar refractivity (Wildman–Crippen MR) is 66.9 cm³/mol. The molecular formula is C12H15BrO3. The van der Waals surface area contributed by atoms with Gasteiger partial charge in [0.15, 0.2) is 17.3 Å². The lowest BCUT2D eigenvalue weighted by Crippen LogP contribution is -2.10. The summed E-state index contributed by atoms with van der Waals surface area (Å²) in [5.74, 6) is 1.27. The van der Waals surface area contributed by atoms with Crippen molar-refractivity contribution in [2.75, 3.05) is 13.7 Å². The molecule has 0 saturated heterocycles. The summed E-state index contributed by atoms with van der Waals surface area (Å²) in [4.78, 5) is 11.5. The molecule has 1 atom stereocenters. The van der Waals surface area contributed by atoms with Crippen molar-refractivity contribution in [2.45, 2.75) is 18.7 Å². The molecule has 0 aliphatic rings. The highest BCUT2D eigenvalue weighted by Crippen LogP contribution is 2.28. The number of methoxy groups -OCH3 is 1. The summed E-state index contributed by atoms with van der Waals surface area (Å²) in [5.41, 5.74) is 0.615. The number of ether oxygens (including phenoxy) is 2. The Kier molecular flexibility index (Phi) is 4.80. The van der Waals surface area contributed by atoms with Gasteiger partial charge in [0, 0.05) is 5.56 Å². The molecule has 0 bridgehead atoms. The molecule has 0 aromatic heterocycles. The van der Waals surface area contributed by atoms with E-state index >= 15 is 0 Å². The van der Waals surface area contributed by atoms with Crippen molar-refractivity contribution >= 4 is 21.7 Å². The summed E-state index contributed by atoms with van der Waals surface area (Å²) in [6.45, 7) is 4.27. The van der Waals surface area contributed by atoms with Crippen LogP contribution in [-0.4, -0.2) is 24.3 Å². The van der Waals surface area contributed by atoms with Gasteiger partial charge in [0.05, 0.1) is 18.5 Å². The second-order valence-electron chi connectivity index (χ2n) is 3.28. The van der Waals surface area contributed by atoms with Crippen LogP contribution in [0.5, 0.6) is 11.5 Å². The van der Waals surface area contributed by atoms with Gasteiger partial charge in [-0.3, -0.25) is 4.79 Å². The maximum absolute atomic E-state index is 11.7. The van der Waals surface area contributed by atoms with Gasteiger partial charge in [0.25, 0.3) is 0 Å². The highest BCUT2D eigenvalue weighted by atomic mass is 79.9. The normalized spacial score (nSPS) is 12.0. The van der Waals surface area contributed by atoms with Crippen molar-refractivity contribution in [2.24, 2.45) is 0 Å². The van der Waals surface area contributed by atoms with Crippen LogP contribution >= 0.6 is 15.9 Å². The van der Waals surface area contributed by atoms with Gasteiger partial charge in [-0.2, -0.15) is 0 Å². The standard InChI is InChI=1S/C12H15BrO3/c1-4-16-10-6-5-9(7-11(10)15-3)12(14)8(2)13/h5-8H,4H2,1-3H3. The van der Waals surface area contributed by atoms with Crippen molar-refractivity contribution in [1.82, 2.24) is 0 Å². The first kappa shape index (κ1) is 13.0. The second-order valence-corrected chi connectivity index (χ2v) is 4.65. The average molecular weight is 287 g/mol. The number of Topliss-reactive ketones (excluding diaryl/α,β-unsaturated/α-hetero) is 1. The SMILES string of the molecule is CCOc1ccc(C(=O)C(C)Br)cc1OC. The van der Waals surface area contributed by atoms with Crippen LogP contribution in [-0.2, 0) is 0 Å². The smallest absolute Gasteiger partial charge is 0.176 e. The molecule has 0 amide bonds. The van der Waals surface area contributed by atoms with Gasteiger partial charge in [0.1, 0.15) is 0 Å². The molecule has 4 heteroatoms. The molecule has 0 radical (unpaired) electrons. The Morgan fingerprint density at radius 2 is 2.12 bits per heavy atom. The van der Waals surface area contributed by atoms with Gasteiger partial charge in [-0.25, -0.2) is 0 Å². The molecule has 1 rings (SSSR count). The van der Waals surface area contributed by atoms with Crippen LogP contribution in [0.4, 0.5) is 0 Å². The molecular weight excluding hydrogens is 272 g/mol. The van der Waals surface area contributed by atoms with E-state index in [0.29, 0.717) is 23.7 Å². The molecule has 0 aliphatic carbocycles. The van der Waals surface area contributed by atoms with E-state index < -0.39 is 0 Å². The fourth-order valence-electron chi connectivity index (χ4n) is 1.33. The summed E-state index contributed by atoms with van der Waals surface area (Å²) >= 11 is 3.25. The lowest BCUT2D eigenvalue weighted by Gasteiger charge is -2.11. The first-order valence-corrected chi connectivity index (χ1v) is 6.00. The van der Waals surface area contributed by atoms with Gasteiger partial charge in [-0.15, -0.1) is 0 Å². The van der Waals surface area contributed by atoms with Gasteiger partial charge >= 0.3 is 0 Å². The topological polar surface area (TPSA) is 35.5 Å². The minimum absolute atomic E-state index is 0.0290. The monoisotopic (exact) mass is 286 g/mol. The van der Waals surface area contributed by atoms with Gasteiger partial charge < -0.3 is 9.47 Å². The van der Waals surface area contributed by atoms with E-state index in [0.717, 1.165) is 0 Å². The highest BCUT2D eigenvalue weighted by Gasteiger charge is 2.14. The molecule has 0 heterocycles. The summed E-state index contributed by atoms with van der Waals surface area (Å²) in [7, 11) is 1.56. The van der Waals surface area contributed by atoms with Crippen LogP contribution < -0.4 is 9.47 Å². The van der Waals surface area contributed by atoms with E-state index in [1.54, 1.807) is 32.2 Å². The summed E-state index contributed by atoms with van der Waals surface area (Å²) in [6, 6.07) is 5.20. The lowest BCUT2D eigenvalue weighted by molar-refractivity contribution is 0.0995. The molecule has 16 heavy (non-hydrogen) atoms. The second kappa shape index (κ2) is 5.89. The fraction of sp³-hybridized carbons (Fsp3) is 0.417. The van der Waals surface area contributed by atoms with E-state index in [1.807, 2.05) is 6.92 Å². The maximum atomic E-state index is 11.7. The van der Waals surface area contributed by atoms with Gasteiger partial charge in [-0.05, 0) is 32.0 Å². The average Bonchev–Trinajstić information content (AvgIpc) is 2.29. The van der Waals surface area contributed by atoms with Crippen molar-refractivity contribution < 1.29 is 14.3 Å². The largest absolute Gasteiger partial charge is 0.493 e.